The largest absolute Gasteiger partial charge is 0.467 e. The van der Waals surface area contributed by atoms with Crippen LogP contribution in [0.4, 0.5) is 9.59 Å². The lowest BCUT2D eigenvalue weighted by Gasteiger charge is -2.20. The van der Waals surface area contributed by atoms with E-state index in [0.29, 0.717) is 23.9 Å². The Morgan fingerprint density at radius 1 is 1.05 bits per heavy atom. The van der Waals surface area contributed by atoms with Crippen molar-refractivity contribution in [3.63, 3.8) is 0 Å². The third-order valence-corrected chi connectivity index (χ3v) is 6.38. The van der Waals surface area contributed by atoms with Gasteiger partial charge in [-0.05, 0) is 44.4 Å². The lowest BCUT2D eigenvalue weighted by Crippen LogP contribution is -2.43. The molecule has 0 aliphatic heterocycles. The molecule has 0 spiro atoms. The Hall–Kier alpha value is -4.74. The zero-order valence-electron chi connectivity index (χ0n) is 25.3. The van der Waals surface area contributed by atoms with E-state index in [2.05, 4.69) is 20.6 Å². The molecule has 0 radical (unpaired) electrons. The van der Waals surface area contributed by atoms with Crippen LogP contribution in [0.15, 0.2) is 76.1 Å². The fourth-order valence-corrected chi connectivity index (χ4v) is 4.38. The van der Waals surface area contributed by atoms with Crippen LogP contribution in [-0.4, -0.2) is 53.4 Å². The van der Waals surface area contributed by atoms with Crippen molar-refractivity contribution in [3.8, 4) is 0 Å². The summed E-state index contributed by atoms with van der Waals surface area (Å²) in [5, 5.41) is 11.0. The fraction of sp³-hybridized carbons (Fsp3) is 0.419. The molecule has 1 amide bonds. The number of nitrogens with two attached hydrogens (primary N) is 1. The Morgan fingerprint density at radius 2 is 1.74 bits per heavy atom. The normalized spacial score (nSPS) is 13.5. The van der Waals surface area contributed by atoms with Crippen molar-refractivity contribution in [1.82, 2.24) is 9.88 Å². The molecule has 12 heteroatoms. The number of rotatable bonds is 11. The number of benzene rings is 2. The maximum Gasteiger partial charge on any atom is 0.419 e. The summed E-state index contributed by atoms with van der Waals surface area (Å²) in [5.74, 6) is 4.90. The second-order valence-corrected chi connectivity index (χ2v) is 10.9. The quantitative estimate of drug-likeness (QED) is 0.0548. The summed E-state index contributed by atoms with van der Waals surface area (Å²) in [5.41, 5.74) is 1.39. The monoisotopic (exact) mass is 592 g/mol. The molecule has 0 aliphatic rings. The lowest BCUT2D eigenvalue weighted by atomic mass is 10.0. The molecule has 0 saturated carbocycles. The minimum Gasteiger partial charge on any atom is -0.467 e. The number of amides is 1. The second kappa shape index (κ2) is 15.5. The number of aliphatic imine (C=N–C) groups is 1. The average molecular weight is 593 g/mol. The first-order chi connectivity index (χ1) is 20.6. The summed E-state index contributed by atoms with van der Waals surface area (Å²) >= 11 is 0. The van der Waals surface area contributed by atoms with Crippen LogP contribution in [0.3, 0.4) is 0 Å². The fourth-order valence-electron chi connectivity index (χ4n) is 4.38. The number of fused-ring (bicyclic) bond motifs is 1. The van der Waals surface area contributed by atoms with Crippen LogP contribution in [0.2, 0.25) is 0 Å². The Kier molecular flexibility index (Phi) is 11.8. The van der Waals surface area contributed by atoms with E-state index in [1.807, 2.05) is 55.5 Å². The highest BCUT2D eigenvalue weighted by atomic mass is 16.6. The number of nitrogens with zero attached hydrogens (tertiary/aromatic N) is 4. The van der Waals surface area contributed by atoms with Crippen molar-refractivity contribution in [2.24, 2.45) is 21.2 Å². The standard InChI is InChI=1S/C31H40N6O6/c1-6-7-16-24(28(38)41-5)33-27(35-36-32)25(34-29(39)42-20-21-13-9-8-10-14-21)18-22-19-37(30(40)43-31(2,3)4)26-17-12-11-15-23(22)26/h8-15,17,19,24-25H,6-7,16,18,20H2,1-5H3,(H,34,39)(H2,32,33,35)/t24-,25-/m0/s1. The van der Waals surface area contributed by atoms with Gasteiger partial charge in [0.2, 0.25) is 0 Å². The highest BCUT2D eigenvalue weighted by molar-refractivity contribution is 5.95. The Labute approximate surface area is 251 Å². The van der Waals surface area contributed by atoms with Gasteiger partial charge in [0, 0.05) is 18.0 Å². The first-order valence-corrected chi connectivity index (χ1v) is 14.1. The Bertz CT molecular complexity index is 1440. The highest BCUT2D eigenvalue weighted by Gasteiger charge is 2.28. The average Bonchev–Trinajstić information content (AvgIpc) is 3.35. The number of nitrogens with one attached hydrogen (secondary N) is 1. The molecule has 3 N–H and O–H groups in total. The van der Waals surface area contributed by atoms with Gasteiger partial charge >= 0.3 is 18.2 Å². The molecule has 0 fully saturated rings. The van der Waals surface area contributed by atoms with E-state index in [-0.39, 0.29) is 18.9 Å². The van der Waals surface area contributed by atoms with Gasteiger partial charge in [-0.2, -0.15) is 0 Å². The highest BCUT2D eigenvalue weighted by Crippen LogP contribution is 2.25. The van der Waals surface area contributed by atoms with Crippen molar-refractivity contribution in [2.45, 2.75) is 77.7 Å². The maximum absolute atomic E-state index is 13.1. The number of carbonyl (C=O) groups excluding carboxylic acids is 3. The molecule has 0 bridgehead atoms. The molecule has 230 valence electrons. The predicted octanol–water partition coefficient (Wildman–Crippen LogP) is 5.72. The first-order valence-electron chi connectivity index (χ1n) is 14.1. The topological polar surface area (TPSA) is 159 Å². The molecular weight excluding hydrogens is 552 g/mol. The number of hydrogen-bond acceptors (Lipinski definition) is 8. The molecule has 12 nitrogen and oxygen atoms in total. The number of amidine groups is 1. The number of methoxy groups -OCH3 is 1. The summed E-state index contributed by atoms with van der Waals surface area (Å²) in [6.07, 6.45) is 2.39. The predicted molar refractivity (Wildman–Crippen MR) is 163 cm³/mol. The van der Waals surface area contributed by atoms with E-state index in [9.17, 15) is 14.4 Å². The zero-order chi connectivity index (χ0) is 31.4. The van der Waals surface area contributed by atoms with Gasteiger partial charge in [-0.25, -0.2) is 14.4 Å². The number of esters is 1. The molecule has 2 atom stereocenters. The minimum atomic E-state index is -0.942. The van der Waals surface area contributed by atoms with E-state index in [1.54, 1.807) is 33.0 Å². The second-order valence-electron chi connectivity index (χ2n) is 10.9. The number of hydrogen-bond donors (Lipinski definition) is 2. The van der Waals surface area contributed by atoms with Gasteiger partial charge in [0.1, 0.15) is 18.2 Å². The smallest absolute Gasteiger partial charge is 0.419 e. The van der Waals surface area contributed by atoms with Crippen LogP contribution in [0.25, 0.3) is 10.9 Å². The van der Waals surface area contributed by atoms with Crippen LogP contribution in [0.5, 0.6) is 0 Å². The summed E-state index contributed by atoms with van der Waals surface area (Å²) in [6, 6.07) is 14.7. The number of unbranched alkanes of at least 4 members (excludes halogenated alkanes) is 1. The van der Waals surface area contributed by atoms with Crippen molar-refractivity contribution in [3.05, 3.63) is 71.9 Å². The third-order valence-electron chi connectivity index (χ3n) is 6.38. The summed E-state index contributed by atoms with van der Waals surface area (Å²) in [4.78, 5) is 43.3. The van der Waals surface area contributed by atoms with E-state index < -0.39 is 35.8 Å². The molecule has 1 aromatic heterocycles. The molecule has 0 aliphatic carbocycles. The Balaban J connectivity index is 2.03. The molecule has 43 heavy (non-hydrogen) atoms. The summed E-state index contributed by atoms with van der Waals surface area (Å²) in [7, 11) is 1.28. The SMILES string of the molecule is CCCC[C@H](N=C(N=NN)[C@H](Cc1cn(C(=O)OC(C)(C)C)c2ccccc12)NC(=O)OCc1ccccc1)C(=O)OC. The van der Waals surface area contributed by atoms with Crippen LogP contribution in [0.1, 0.15) is 58.1 Å². The zero-order valence-corrected chi connectivity index (χ0v) is 25.3. The number of carbonyl (C=O) groups is 3. The lowest BCUT2D eigenvalue weighted by molar-refractivity contribution is -0.142. The summed E-state index contributed by atoms with van der Waals surface area (Å²) in [6.45, 7) is 7.38. The Morgan fingerprint density at radius 3 is 2.40 bits per heavy atom. The van der Waals surface area contributed by atoms with Crippen molar-refractivity contribution in [2.75, 3.05) is 7.11 Å². The molecule has 2 aromatic carbocycles. The maximum atomic E-state index is 13.1. The molecular formula is C31H40N6O6. The number of para-hydroxylation sites is 1. The molecule has 3 aromatic rings. The van der Waals surface area contributed by atoms with Gasteiger partial charge in [-0.1, -0.05) is 73.5 Å². The van der Waals surface area contributed by atoms with Gasteiger partial charge in [0.15, 0.2) is 5.84 Å². The third kappa shape index (κ3) is 9.66. The van der Waals surface area contributed by atoms with Crippen LogP contribution in [-0.2, 0) is 32.0 Å². The van der Waals surface area contributed by atoms with Crippen molar-refractivity contribution in [1.29, 1.82) is 0 Å². The summed E-state index contributed by atoms with van der Waals surface area (Å²) < 4.78 is 17.5. The number of ether oxygens (including phenoxy) is 3. The van der Waals surface area contributed by atoms with Crippen LogP contribution in [0, 0.1) is 0 Å². The van der Waals surface area contributed by atoms with Crippen LogP contribution >= 0.6 is 0 Å². The van der Waals surface area contributed by atoms with Gasteiger partial charge in [-0.15, -0.1) is 5.11 Å². The molecule has 0 unspecified atom stereocenters. The first kappa shape index (κ1) is 32.8. The minimum absolute atomic E-state index is 0.000219. The van der Waals surface area contributed by atoms with E-state index >= 15 is 0 Å². The van der Waals surface area contributed by atoms with E-state index in [4.69, 9.17) is 20.1 Å². The van der Waals surface area contributed by atoms with Gasteiger partial charge in [0.25, 0.3) is 0 Å². The van der Waals surface area contributed by atoms with E-state index in [0.717, 1.165) is 17.4 Å². The van der Waals surface area contributed by atoms with Crippen LogP contribution < -0.4 is 11.2 Å². The van der Waals surface area contributed by atoms with Crippen molar-refractivity contribution >= 4 is 34.9 Å². The molecule has 1 heterocycles. The number of alkyl carbamates (subject to hydrolysis) is 1. The molecule has 3 rings (SSSR count). The van der Waals surface area contributed by atoms with Gasteiger partial charge in [-0.3, -0.25) is 9.56 Å². The van der Waals surface area contributed by atoms with Gasteiger partial charge in [0.05, 0.1) is 18.7 Å². The molecule has 0 saturated heterocycles. The number of aromatic nitrogens is 1. The van der Waals surface area contributed by atoms with E-state index in [1.165, 1.54) is 11.7 Å². The van der Waals surface area contributed by atoms with Crippen molar-refractivity contribution < 1.29 is 28.6 Å². The van der Waals surface area contributed by atoms with Gasteiger partial charge < -0.3 is 25.4 Å².